The minimum absolute atomic E-state index is 0.00419. The third-order valence-corrected chi connectivity index (χ3v) is 4.48. The normalized spacial score (nSPS) is 26.3. The molecular formula is C15H20N4O3. The number of aliphatic hydroxyl groups is 1. The van der Waals surface area contributed by atoms with Gasteiger partial charge in [-0.15, -0.1) is 0 Å². The van der Waals surface area contributed by atoms with Crippen LogP contribution in [0.25, 0.3) is 0 Å². The summed E-state index contributed by atoms with van der Waals surface area (Å²) < 4.78 is 0. The number of urea groups is 1. The summed E-state index contributed by atoms with van der Waals surface area (Å²) in [4.78, 5) is 30.7. The van der Waals surface area contributed by atoms with Gasteiger partial charge in [0.15, 0.2) is 5.54 Å². The lowest BCUT2D eigenvalue weighted by Crippen LogP contribution is -2.53. The van der Waals surface area contributed by atoms with Gasteiger partial charge in [-0.25, -0.2) is 4.79 Å². The number of amides is 3. The van der Waals surface area contributed by atoms with Crippen LogP contribution in [0.15, 0.2) is 24.4 Å². The van der Waals surface area contributed by atoms with E-state index >= 15 is 0 Å². The maximum Gasteiger partial charge on any atom is 0.325 e. The number of β-amino-alcohol motifs (C(OH)–C–C–N with tert-alkyl or cyclic N) is 1. The molecule has 1 aromatic rings. The monoisotopic (exact) mass is 304 g/mol. The van der Waals surface area contributed by atoms with Crippen LogP contribution in [-0.2, 0) is 10.3 Å². The lowest BCUT2D eigenvalue weighted by atomic mass is 9.75. The van der Waals surface area contributed by atoms with E-state index in [1.165, 1.54) is 0 Å². The molecule has 2 saturated heterocycles. The van der Waals surface area contributed by atoms with Crippen molar-refractivity contribution in [3.05, 3.63) is 30.1 Å². The lowest BCUT2D eigenvalue weighted by Gasteiger charge is -2.37. The lowest BCUT2D eigenvalue weighted by molar-refractivity contribution is -0.134. The van der Waals surface area contributed by atoms with Crippen LogP contribution in [0.4, 0.5) is 4.79 Å². The van der Waals surface area contributed by atoms with E-state index < -0.39 is 11.6 Å². The minimum Gasteiger partial charge on any atom is -0.395 e. The van der Waals surface area contributed by atoms with Crippen molar-refractivity contribution >= 4 is 11.9 Å². The topological polar surface area (TPSA) is 94.6 Å². The molecule has 0 bridgehead atoms. The summed E-state index contributed by atoms with van der Waals surface area (Å²) in [7, 11) is 0. The summed E-state index contributed by atoms with van der Waals surface area (Å²) in [6.07, 6.45) is 3.21. The van der Waals surface area contributed by atoms with Gasteiger partial charge in [-0.3, -0.25) is 14.7 Å². The average Bonchev–Trinajstić information content (AvgIpc) is 2.82. The van der Waals surface area contributed by atoms with E-state index in [-0.39, 0.29) is 25.0 Å². The first-order valence-electron chi connectivity index (χ1n) is 7.57. The molecule has 0 radical (unpaired) electrons. The van der Waals surface area contributed by atoms with E-state index in [0.29, 0.717) is 5.69 Å². The van der Waals surface area contributed by atoms with Crippen LogP contribution >= 0.6 is 0 Å². The van der Waals surface area contributed by atoms with Crippen LogP contribution in [0.3, 0.4) is 0 Å². The standard InChI is InChI=1S/C15H20N4O3/c20-10-9-19-13(21)15(18-14(19)22,11-4-7-16-8-5-11)12-3-1-2-6-17-12/h1-3,6,11,16,20H,4-5,7-10H2,(H,18,22)/t15-/m0/s1. The molecule has 0 unspecified atom stereocenters. The number of rotatable bonds is 4. The fourth-order valence-corrected chi connectivity index (χ4v) is 3.41. The van der Waals surface area contributed by atoms with Crippen LogP contribution < -0.4 is 10.6 Å². The first-order valence-corrected chi connectivity index (χ1v) is 7.57. The zero-order valence-corrected chi connectivity index (χ0v) is 12.3. The molecule has 3 heterocycles. The molecule has 0 aliphatic carbocycles. The second-order valence-corrected chi connectivity index (χ2v) is 5.66. The van der Waals surface area contributed by atoms with Crippen LogP contribution in [0.2, 0.25) is 0 Å². The molecular weight excluding hydrogens is 284 g/mol. The molecule has 3 amide bonds. The molecule has 2 fully saturated rings. The Morgan fingerprint density at radius 3 is 2.73 bits per heavy atom. The number of piperidine rings is 1. The second kappa shape index (κ2) is 6.02. The Bertz CT molecular complexity index is 559. The van der Waals surface area contributed by atoms with Gasteiger partial charge in [-0.2, -0.15) is 0 Å². The zero-order valence-electron chi connectivity index (χ0n) is 12.3. The Balaban J connectivity index is 2.04. The number of carbonyl (C=O) groups is 2. The van der Waals surface area contributed by atoms with Crippen molar-refractivity contribution in [3.63, 3.8) is 0 Å². The van der Waals surface area contributed by atoms with Crippen molar-refractivity contribution < 1.29 is 14.7 Å². The fraction of sp³-hybridized carbons (Fsp3) is 0.533. The number of hydrogen-bond donors (Lipinski definition) is 3. The van der Waals surface area contributed by atoms with Gasteiger partial charge in [-0.1, -0.05) is 6.07 Å². The Labute approximate surface area is 128 Å². The second-order valence-electron chi connectivity index (χ2n) is 5.66. The third kappa shape index (κ3) is 2.26. The van der Waals surface area contributed by atoms with E-state index in [1.807, 2.05) is 6.07 Å². The molecule has 7 heteroatoms. The molecule has 1 aromatic heterocycles. The SMILES string of the molecule is O=C1N[C@](c2ccccn2)(C2CCNCC2)C(=O)N1CCO. The van der Waals surface area contributed by atoms with Crippen LogP contribution in [0.5, 0.6) is 0 Å². The average molecular weight is 304 g/mol. The third-order valence-electron chi connectivity index (χ3n) is 4.48. The van der Waals surface area contributed by atoms with Crippen molar-refractivity contribution in [2.24, 2.45) is 5.92 Å². The highest BCUT2D eigenvalue weighted by Crippen LogP contribution is 2.39. The Morgan fingerprint density at radius 1 is 1.32 bits per heavy atom. The number of aromatic nitrogens is 1. The van der Waals surface area contributed by atoms with Gasteiger partial charge in [0.05, 0.1) is 18.8 Å². The zero-order chi connectivity index (χ0) is 15.6. The van der Waals surface area contributed by atoms with Crippen LogP contribution in [-0.4, -0.2) is 53.2 Å². The summed E-state index contributed by atoms with van der Waals surface area (Å²) in [6.45, 7) is 1.37. The van der Waals surface area contributed by atoms with Gasteiger partial charge in [-0.05, 0) is 44.0 Å². The number of aliphatic hydroxyl groups excluding tert-OH is 1. The smallest absolute Gasteiger partial charge is 0.325 e. The van der Waals surface area contributed by atoms with Crippen molar-refractivity contribution in [1.29, 1.82) is 0 Å². The Hall–Kier alpha value is -1.99. The predicted molar refractivity (Wildman–Crippen MR) is 78.8 cm³/mol. The predicted octanol–water partition coefficient (Wildman–Crippen LogP) is -0.179. The fourth-order valence-electron chi connectivity index (χ4n) is 3.41. The highest BCUT2D eigenvalue weighted by atomic mass is 16.3. The summed E-state index contributed by atoms with van der Waals surface area (Å²) in [5.74, 6) is -0.319. The van der Waals surface area contributed by atoms with Crippen molar-refractivity contribution in [2.45, 2.75) is 18.4 Å². The van der Waals surface area contributed by atoms with Crippen molar-refractivity contribution in [3.8, 4) is 0 Å². The van der Waals surface area contributed by atoms with E-state index in [2.05, 4.69) is 15.6 Å². The van der Waals surface area contributed by atoms with Gasteiger partial charge >= 0.3 is 6.03 Å². The van der Waals surface area contributed by atoms with Gasteiger partial charge in [0.1, 0.15) is 0 Å². The van der Waals surface area contributed by atoms with E-state index in [9.17, 15) is 9.59 Å². The van der Waals surface area contributed by atoms with Crippen LogP contribution in [0.1, 0.15) is 18.5 Å². The number of nitrogens with zero attached hydrogens (tertiary/aromatic N) is 2. The van der Waals surface area contributed by atoms with Gasteiger partial charge in [0.25, 0.3) is 5.91 Å². The molecule has 22 heavy (non-hydrogen) atoms. The number of nitrogens with one attached hydrogen (secondary N) is 2. The Morgan fingerprint density at radius 2 is 2.09 bits per heavy atom. The molecule has 118 valence electrons. The summed E-state index contributed by atoms with van der Waals surface area (Å²) in [5.41, 5.74) is -0.545. The van der Waals surface area contributed by atoms with E-state index in [4.69, 9.17) is 5.11 Å². The van der Waals surface area contributed by atoms with Crippen LogP contribution in [0, 0.1) is 5.92 Å². The quantitative estimate of drug-likeness (QED) is 0.671. The molecule has 0 aromatic carbocycles. The molecule has 3 rings (SSSR count). The number of carbonyl (C=O) groups excluding carboxylic acids is 2. The molecule has 7 nitrogen and oxygen atoms in total. The summed E-state index contributed by atoms with van der Waals surface area (Å²) >= 11 is 0. The maximum atomic E-state index is 13.0. The van der Waals surface area contributed by atoms with E-state index in [0.717, 1.165) is 30.8 Å². The molecule has 0 spiro atoms. The Kier molecular flexibility index (Phi) is 4.08. The molecule has 3 N–H and O–H groups in total. The first kappa shape index (κ1) is 14.9. The molecule has 2 aliphatic rings. The molecule has 0 saturated carbocycles. The minimum atomic E-state index is -1.12. The van der Waals surface area contributed by atoms with Gasteiger partial charge in [0, 0.05) is 6.20 Å². The maximum absolute atomic E-state index is 13.0. The summed E-state index contributed by atoms with van der Waals surface area (Å²) in [6, 6.07) is 4.93. The summed E-state index contributed by atoms with van der Waals surface area (Å²) in [5, 5.41) is 15.3. The largest absolute Gasteiger partial charge is 0.395 e. The highest BCUT2D eigenvalue weighted by Gasteiger charge is 2.57. The first-order chi connectivity index (χ1) is 10.7. The number of pyridine rings is 1. The number of hydrogen-bond acceptors (Lipinski definition) is 5. The van der Waals surface area contributed by atoms with Crippen molar-refractivity contribution in [1.82, 2.24) is 20.5 Å². The van der Waals surface area contributed by atoms with Crippen molar-refractivity contribution in [2.75, 3.05) is 26.2 Å². The number of imide groups is 1. The molecule has 2 aliphatic heterocycles. The highest BCUT2D eigenvalue weighted by molar-refractivity contribution is 6.07. The van der Waals surface area contributed by atoms with Gasteiger partial charge in [0.2, 0.25) is 0 Å². The molecule has 1 atom stereocenters. The van der Waals surface area contributed by atoms with Gasteiger partial charge < -0.3 is 15.7 Å². The van der Waals surface area contributed by atoms with E-state index in [1.54, 1.807) is 18.3 Å².